The largest absolute Gasteiger partial charge is 0.384 e. The highest BCUT2D eigenvalue weighted by molar-refractivity contribution is 4.79. The molecule has 0 rings (SSSR count). The highest BCUT2D eigenvalue weighted by atomic mass is 16.5. The third kappa shape index (κ3) is 5.55. The summed E-state index contributed by atoms with van der Waals surface area (Å²) in [6, 6.07) is 0. The fourth-order valence-corrected chi connectivity index (χ4v) is 2.23. The Bertz CT molecular complexity index is 134. The molecule has 0 aromatic heterocycles. The Morgan fingerprint density at radius 3 is 1.87 bits per heavy atom. The van der Waals surface area contributed by atoms with Gasteiger partial charge < -0.3 is 4.74 Å². The van der Waals surface area contributed by atoms with Crippen molar-refractivity contribution in [2.24, 2.45) is 11.3 Å². The molecule has 0 saturated carbocycles. The van der Waals surface area contributed by atoms with Crippen molar-refractivity contribution in [3.63, 3.8) is 0 Å². The quantitative estimate of drug-likeness (QED) is 0.542. The lowest BCUT2D eigenvalue weighted by Crippen LogP contribution is -2.28. The Balaban J connectivity index is 4.23. The SMILES string of the molecule is CCCCC(C)(CCCC)C(C)COC. The maximum Gasteiger partial charge on any atom is 0.0493 e. The summed E-state index contributed by atoms with van der Waals surface area (Å²) < 4.78 is 5.31. The lowest BCUT2D eigenvalue weighted by atomic mass is 9.71. The van der Waals surface area contributed by atoms with Gasteiger partial charge in [0, 0.05) is 13.7 Å². The van der Waals surface area contributed by atoms with Crippen LogP contribution in [0.15, 0.2) is 0 Å². The molecule has 0 aliphatic rings. The van der Waals surface area contributed by atoms with E-state index in [-0.39, 0.29) is 0 Å². The van der Waals surface area contributed by atoms with Gasteiger partial charge in [-0.3, -0.25) is 0 Å². The smallest absolute Gasteiger partial charge is 0.0493 e. The molecule has 0 aliphatic heterocycles. The number of hydrogen-bond acceptors (Lipinski definition) is 1. The van der Waals surface area contributed by atoms with Crippen LogP contribution in [-0.4, -0.2) is 13.7 Å². The van der Waals surface area contributed by atoms with Crippen LogP contribution in [0.3, 0.4) is 0 Å². The van der Waals surface area contributed by atoms with Crippen LogP contribution in [0.4, 0.5) is 0 Å². The summed E-state index contributed by atoms with van der Waals surface area (Å²) in [6.07, 6.45) is 8.04. The Hall–Kier alpha value is -0.0400. The lowest BCUT2D eigenvalue weighted by Gasteiger charge is -2.36. The van der Waals surface area contributed by atoms with Crippen LogP contribution in [-0.2, 0) is 4.74 Å². The van der Waals surface area contributed by atoms with E-state index in [0.29, 0.717) is 11.3 Å². The fraction of sp³-hybridized carbons (Fsp3) is 1.00. The summed E-state index contributed by atoms with van der Waals surface area (Å²) in [5.74, 6) is 0.681. The predicted molar refractivity (Wildman–Crippen MR) is 68.2 cm³/mol. The van der Waals surface area contributed by atoms with E-state index in [0.717, 1.165) is 6.61 Å². The minimum atomic E-state index is 0.488. The molecule has 0 saturated heterocycles. The molecule has 0 fully saturated rings. The van der Waals surface area contributed by atoms with Gasteiger partial charge in [0.15, 0.2) is 0 Å². The molecular weight excluding hydrogens is 184 g/mol. The van der Waals surface area contributed by atoms with Crippen molar-refractivity contribution in [1.82, 2.24) is 0 Å². The third-order valence-electron chi connectivity index (χ3n) is 3.81. The highest BCUT2D eigenvalue weighted by Crippen LogP contribution is 2.38. The highest BCUT2D eigenvalue weighted by Gasteiger charge is 2.29. The third-order valence-corrected chi connectivity index (χ3v) is 3.81. The van der Waals surface area contributed by atoms with E-state index in [4.69, 9.17) is 4.74 Å². The maximum atomic E-state index is 5.31. The van der Waals surface area contributed by atoms with Gasteiger partial charge >= 0.3 is 0 Å². The van der Waals surface area contributed by atoms with E-state index in [1.165, 1.54) is 38.5 Å². The molecule has 1 atom stereocenters. The minimum absolute atomic E-state index is 0.488. The van der Waals surface area contributed by atoms with Gasteiger partial charge in [-0.1, -0.05) is 53.4 Å². The zero-order valence-electron chi connectivity index (χ0n) is 11.4. The summed E-state index contributed by atoms with van der Waals surface area (Å²) in [6.45, 7) is 10.3. The van der Waals surface area contributed by atoms with Crippen molar-refractivity contribution in [1.29, 1.82) is 0 Å². The standard InChI is InChI=1S/C14H30O/c1-6-8-10-14(4,11-9-7-2)13(3)12-15-5/h13H,6-12H2,1-5H3. The molecule has 1 unspecified atom stereocenters. The van der Waals surface area contributed by atoms with Gasteiger partial charge in [-0.25, -0.2) is 0 Å². The Labute approximate surface area is 96.6 Å². The normalized spacial score (nSPS) is 14.2. The second-order valence-electron chi connectivity index (χ2n) is 5.22. The molecule has 92 valence electrons. The van der Waals surface area contributed by atoms with Crippen LogP contribution in [0.2, 0.25) is 0 Å². The summed E-state index contributed by atoms with van der Waals surface area (Å²) in [4.78, 5) is 0. The van der Waals surface area contributed by atoms with E-state index in [1.807, 2.05) is 7.11 Å². The van der Waals surface area contributed by atoms with Gasteiger partial charge in [-0.2, -0.15) is 0 Å². The average molecular weight is 214 g/mol. The van der Waals surface area contributed by atoms with Gasteiger partial charge in [-0.05, 0) is 24.2 Å². The number of hydrogen-bond donors (Lipinski definition) is 0. The van der Waals surface area contributed by atoms with E-state index in [9.17, 15) is 0 Å². The van der Waals surface area contributed by atoms with E-state index in [2.05, 4.69) is 27.7 Å². The van der Waals surface area contributed by atoms with Gasteiger partial charge in [0.1, 0.15) is 0 Å². The van der Waals surface area contributed by atoms with E-state index in [1.54, 1.807) is 0 Å². The van der Waals surface area contributed by atoms with Gasteiger partial charge in [0.2, 0.25) is 0 Å². The van der Waals surface area contributed by atoms with Crippen LogP contribution in [0, 0.1) is 11.3 Å². The Morgan fingerprint density at radius 2 is 1.53 bits per heavy atom. The topological polar surface area (TPSA) is 9.23 Å². The molecule has 0 aromatic carbocycles. The first-order chi connectivity index (χ1) is 7.10. The minimum Gasteiger partial charge on any atom is -0.384 e. The zero-order valence-corrected chi connectivity index (χ0v) is 11.4. The van der Waals surface area contributed by atoms with Gasteiger partial charge in [0.05, 0.1) is 0 Å². The predicted octanol–water partition coefficient (Wildman–Crippen LogP) is 4.66. The molecule has 1 heteroatoms. The van der Waals surface area contributed by atoms with Crippen LogP contribution >= 0.6 is 0 Å². The summed E-state index contributed by atoms with van der Waals surface area (Å²) in [7, 11) is 1.82. The van der Waals surface area contributed by atoms with Crippen LogP contribution in [0.5, 0.6) is 0 Å². The first kappa shape index (κ1) is 15.0. The number of unbranched alkanes of at least 4 members (excludes halogenated alkanes) is 2. The average Bonchev–Trinajstić information content (AvgIpc) is 2.24. The molecule has 0 radical (unpaired) electrons. The molecule has 0 heterocycles. The Kier molecular flexibility index (Phi) is 8.13. The van der Waals surface area contributed by atoms with Crippen molar-refractivity contribution in [3.05, 3.63) is 0 Å². The number of rotatable bonds is 9. The van der Waals surface area contributed by atoms with Crippen molar-refractivity contribution in [2.45, 2.75) is 66.2 Å². The van der Waals surface area contributed by atoms with Crippen molar-refractivity contribution < 1.29 is 4.74 Å². The van der Waals surface area contributed by atoms with Crippen molar-refractivity contribution in [3.8, 4) is 0 Å². The summed E-state index contributed by atoms with van der Waals surface area (Å²) in [5, 5.41) is 0. The first-order valence-electron chi connectivity index (χ1n) is 6.59. The van der Waals surface area contributed by atoms with E-state index >= 15 is 0 Å². The molecule has 0 N–H and O–H groups in total. The molecule has 0 spiro atoms. The molecule has 0 amide bonds. The maximum absolute atomic E-state index is 5.31. The van der Waals surface area contributed by atoms with Gasteiger partial charge in [-0.15, -0.1) is 0 Å². The molecular formula is C14H30O. The molecule has 0 bridgehead atoms. The lowest BCUT2D eigenvalue weighted by molar-refractivity contribution is 0.0653. The zero-order chi connectivity index (χ0) is 11.7. The summed E-state index contributed by atoms with van der Waals surface area (Å²) >= 11 is 0. The second-order valence-corrected chi connectivity index (χ2v) is 5.22. The van der Waals surface area contributed by atoms with E-state index < -0.39 is 0 Å². The molecule has 0 aromatic rings. The summed E-state index contributed by atoms with van der Waals surface area (Å²) in [5.41, 5.74) is 0.488. The van der Waals surface area contributed by atoms with Crippen molar-refractivity contribution in [2.75, 3.05) is 13.7 Å². The molecule has 0 aliphatic carbocycles. The number of methoxy groups -OCH3 is 1. The Morgan fingerprint density at radius 1 is 1.07 bits per heavy atom. The van der Waals surface area contributed by atoms with Crippen LogP contribution < -0.4 is 0 Å². The first-order valence-corrected chi connectivity index (χ1v) is 6.59. The van der Waals surface area contributed by atoms with Crippen LogP contribution in [0.25, 0.3) is 0 Å². The number of ether oxygens (including phenoxy) is 1. The molecule has 1 nitrogen and oxygen atoms in total. The second kappa shape index (κ2) is 8.15. The van der Waals surface area contributed by atoms with Crippen LogP contribution in [0.1, 0.15) is 66.2 Å². The monoisotopic (exact) mass is 214 g/mol. The molecule has 15 heavy (non-hydrogen) atoms. The van der Waals surface area contributed by atoms with Gasteiger partial charge in [0.25, 0.3) is 0 Å². The van der Waals surface area contributed by atoms with Crippen molar-refractivity contribution >= 4 is 0 Å². The fourth-order valence-electron chi connectivity index (χ4n) is 2.23.